The summed E-state index contributed by atoms with van der Waals surface area (Å²) in [5, 5.41) is 0. The molecule has 2 N–H and O–H groups in total. The predicted octanol–water partition coefficient (Wildman–Crippen LogP) is 3.91. The molecule has 3 heteroatoms. The number of benzene rings is 2. The van der Waals surface area contributed by atoms with Gasteiger partial charge in [0.2, 0.25) is 0 Å². The zero-order valence-corrected chi connectivity index (χ0v) is 11.1. The quantitative estimate of drug-likeness (QED) is 0.890. The van der Waals surface area contributed by atoms with Crippen molar-refractivity contribution < 1.29 is 8.78 Å². The second-order valence-electron chi connectivity index (χ2n) is 5.48. The van der Waals surface area contributed by atoms with Gasteiger partial charge in [-0.15, -0.1) is 0 Å². The summed E-state index contributed by atoms with van der Waals surface area (Å²) in [7, 11) is 0. The van der Waals surface area contributed by atoms with Crippen LogP contribution in [0, 0.1) is 11.6 Å². The Kier molecular flexibility index (Phi) is 3.67. The fourth-order valence-corrected chi connectivity index (χ4v) is 2.02. The molecule has 1 nitrogen and oxygen atoms in total. The van der Waals surface area contributed by atoms with E-state index in [4.69, 9.17) is 5.73 Å². The molecule has 0 amide bonds. The van der Waals surface area contributed by atoms with Crippen LogP contribution in [0.1, 0.15) is 19.4 Å². The first-order valence-corrected chi connectivity index (χ1v) is 6.18. The first-order chi connectivity index (χ1) is 8.85. The number of halogens is 2. The Bertz CT molecular complexity index is 568. The van der Waals surface area contributed by atoms with E-state index in [0.29, 0.717) is 12.0 Å². The lowest BCUT2D eigenvalue weighted by atomic mass is 9.93. The summed E-state index contributed by atoms with van der Waals surface area (Å²) in [5.41, 5.74) is 7.76. The minimum Gasteiger partial charge on any atom is -0.325 e. The van der Waals surface area contributed by atoms with Gasteiger partial charge in [0, 0.05) is 5.54 Å². The van der Waals surface area contributed by atoms with Crippen molar-refractivity contribution in [1.82, 2.24) is 0 Å². The van der Waals surface area contributed by atoms with Gasteiger partial charge in [-0.1, -0.05) is 18.2 Å². The van der Waals surface area contributed by atoms with Crippen LogP contribution in [0.3, 0.4) is 0 Å². The van der Waals surface area contributed by atoms with Gasteiger partial charge >= 0.3 is 0 Å². The van der Waals surface area contributed by atoms with Crippen LogP contribution in [0.2, 0.25) is 0 Å². The molecule has 2 aromatic carbocycles. The molecule has 0 saturated heterocycles. The molecular formula is C16H17F2N. The molecule has 0 atom stereocenters. The molecule has 0 heterocycles. The first-order valence-electron chi connectivity index (χ1n) is 6.18. The highest BCUT2D eigenvalue weighted by molar-refractivity contribution is 5.64. The van der Waals surface area contributed by atoms with Gasteiger partial charge in [-0.3, -0.25) is 0 Å². The van der Waals surface area contributed by atoms with E-state index in [2.05, 4.69) is 0 Å². The molecule has 0 fully saturated rings. The van der Waals surface area contributed by atoms with Gasteiger partial charge in [-0.2, -0.15) is 0 Å². The molecule has 0 aliphatic heterocycles. The minimum atomic E-state index is -0.470. The maximum absolute atomic E-state index is 13.8. The van der Waals surface area contributed by atoms with Crippen molar-refractivity contribution in [2.45, 2.75) is 25.8 Å². The molecule has 2 aromatic rings. The average Bonchev–Trinajstić information content (AvgIpc) is 2.31. The van der Waals surface area contributed by atoms with E-state index in [1.54, 1.807) is 24.3 Å². The molecule has 0 aliphatic rings. The first kappa shape index (κ1) is 13.7. The fraction of sp³-hybridized carbons (Fsp3) is 0.250. The molecular weight excluding hydrogens is 244 g/mol. The molecule has 19 heavy (non-hydrogen) atoms. The largest absolute Gasteiger partial charge is 0.325 e. The maximum atomic E-state index is 13.8. The highest BCUT2D eigenvalue weighted by Crippen LogP contribution is 2.24. The fourth-order valence-electron chi connectivity index (χ4n) is 2.02. The van der Waals surface area contributed by atoms with E-state index in [0.717, 1.165) is 11.1 Å². The van der Waals surface area contributed by atoms with Gasteiger partial charge in [0.15, 0.2) is 0 Å². The third-order valence-electron chi connectivity index (χ3n) is 2.87. The van der Waals surface area contributed by atoms with Crippen LogP contribution >= 0.6 is 0 Å². The van der Waals surface area contributed by atoms with Gasteiger partial charge in [0.25, 0.3) is 0 Å². The maximum Gasteiger partial charge on any atom is 0.126 e. The Labute approximate surface area is 112 Å². The Morgan fingerprint density at radius 3 is 2.11 bits per heavy atom. The monoisotopic (exact) mass is 261 g/mol. The SMILES string of the molecule is CC(C)(N)Cc1cc(-c2ccc(F)cc2)ccc1F. The topological polar surface area (TPSA) is 26.0 Å². The van der Waals surface area contributed by atoms with Crippen LogP contribution in [-0.2, 0) is 6.42 Å². The van der Waals surface area contributed by atoms with Gasteiger partial charge in [0.1, 0.15) is 11.6 Å². The van der Waals surface area contributed by atoms with Crippen LogP contribution in [0.25, 0.3) is 11.1 Å². The summed E-state index contributed by atoms with van der Waals surface area (Å²) in [5.74, 6) is -0.543. The van der Waals surface area contributed by atoms with E-state index in [9.17, 15) is 8.78 Å². The highest BCUT2D eigenvalue weighted by Gasteiger charge is 2.15. The second kappa shape index (κ2) is 5.10. The van der Waals surface area contributed by atoms with E-state index >= 15 is 0 Å². The zero-order valence-electron chi connectivity index (χ0n) is 11.1. The van der Waals surface area contributed by atoms with Crippen LogP contribution in [0.4, 0.5) is 8.78 Å². The predicted molar refractivity (Wildman–Crippen MR) is 73.8 cm³/mol. The number of hydrogen-bond donors (Lipinski definition) is 1. The van der Waals surface area contributed by atoms with Gasteiger partial charge in [-0.05, 0) is 61.2 Å². The molecule has 2 rings (SSSR count). The Balaban J connectivity index is 2.38. The average molecular weight is 261 g/mol. The second-order valence-corrected chi connectivity index (χ2v) is 5.48. The van der Waals surface area contributed by atoms with E-state index in [-0.39, 0.29) is 11.6 Å². The number of hydrogen-bond acceptors (Lipinski definition) is 1. The molecule has 0 spiro atoms. The molecule has 100 valence electrons. The smallest absolute Gasteiger partial charge is 0.126 e. The van der Waals surface area contributed by atoms with Crippen LogP contribution in [0.15, 0.2) is 42.5 Å². The van der Waals surface area contributed by atoms with Gasteiger partial charge in [-0.25, -0.2) is 8.78 Å². The lowest BCUT2D eigenvalue weighted by Crippen LogP contribution is -2.34. The Morgan fingerprint density at radius 2 is 1.53 bits per heavy atom. The Hall–Kier alpha value is -1.74. The van der Waals surface area contributed by atoms with E-state index in [1.807, 2.05) is 13.8 Å². The van der Waals surface area contributed by atoms with E-state index in [1.165, 1.54) is 18.2 Å². The van der Waals surface area contributed by atoms with Crippen molar-refractivity contribution in [3.05, 3.63) is 59.7 Å². The third-order valence-corrected chi connectivity index (χ3v) is 2.87. The standard InChI is InChI=1S/C16H17F2N/c1-16(2,19)10-13-9-12(5-8-15(13)18)11-3-6-14(17)7-4-11/h3-9H,10,19H2,1-2H3. The van der Waals surface area contributed by atoms with Crippen LogP contribution < -0.4 is 5.73 Å². The molecule has 0 aromatic heterocycles. The Morgan fingerprint density at radius 1 is 0.947 bits per heavy atom. The molecule has 0 radical (unpaired) electrons. The lowest BCUT2D eigenvalue weighted by molar-refractivity contribution is 0.497. The van der Waals surface area contributed by atoms with Gasteiger partial charge < -0.3 is 5.73 Å². The van der Waals surface area contributed by atoms with Gasteiger partial charge in [0.05, 0.1) is 0 Å². The van der Waals surface area contributed by atoms with Crippen LogP contribution in [-0.4, -0.2) is 5.54 Å². The van der Waals surface area contributed by atoms with Crippen molar-refractivity contribution in [2.75, 3.05) is 0 Å². The summed E-state index contributed by atoms with van der Waals surface area (Å²) in [4.78, 5) is 0. The molecule has 0 bridgehead atoms. The summed E-state index contributed by atoms with van der Waals surface area (Å²) < 4.78 is 26.7. The van der Waals surface area contributed by atoms with Crippen molar-refractivity contribution in [3.8, 4) is 11.1 Å². The lowest BCUT2D eigenvalue weighted by Gasteiger charge is -2.19. The summed E-state index contributed by atoms with van der Waals surface area (Å²) in [6, 6.07) is 11.0. The number of nitrogens with two attached hydrogens (primary N) is 1. The van der Waals surface area contributed by atoms with Crippen LogP contribution in [0.5, 0.6) is 0 Å². The number of rotatable bonds is 3. The highest BCUT2D eigenvalue weighted by atomic mass is 19.1. The third kappa shape index (κ3) is 3.61. The zero-order chi connectivity index (χ0) is 14.0. The van der Waals surface area contributed by atoms with E-state index < -0.39 is 5.54 Å². The summed E-state index contributed by atoms with van der Waals surface area (Å²) >= 11 is 0. The molecule has 0 unspecified atom stereocenters. The van der Waals surface area contributed by atoms with Crippen molar-refractivity contribution in [3.63, 3.8) is 0 Å². The summed E-state index contributed by atoms with van der Waals surface area (Å²) in [6.07, 6.45) is 0.452. The summed E-state index contributed by atoms with van der Waals surface area (Å²) in [6.45, 7) is 3.72. The molecule has 0 aliphatic carbocycles. The molecule has 0 saturated carbocycles. The normalized spacial score (nSPS) is 11.6. The minimum absolute atomic E-state index is 0.260. The van der Waals surface area contributed by atoms with Crippen molar-refractivity contribution in [1.29, 1.82) is 0 Å². The van der Waals surface area contributed by atoms with Crippen molar-refractivity contribution >= 4 is 0 Å². The van der Waals surface area contributed by atoms with Crippen molar-refractivity contribution in [2.24, 2.45) is 5.73 Å².